The van der Waals surface area contributed by atoms with E-state index in [0.29, 0.717) is 13.0 Å². The zero-order valence-electron chi connectivity index (χ0n) is 16.2. The topological polar surface area (TPSA) is 55.8 Å². The van der Waals surface area contributed by atoms with Crippen molar-refractivity contribution in [1.82, 2.24) is 0 Å². The molecule has 148 valence electrons. The summed E-state index contributed by atoms with van der Waals surface area (Å²) in [5.74, 6) is 0.354. The summed E-state index contributed by atoms with van der Waals surface area (Å²) in [6.07, 6.45) is 2.37. The number of anilines is 1. The standard InChI is InChI=1S/C22H25NO4S/c1-3-4-13-27-21(24)15-23-18-7-5-6-8-19(18)28-20(22(23)25)14-16-9-11-17(26-2)12-10-16/h5-12,20H,3-4,13-15H2,1-2H3. The molecule has 1 aliphatic heterocycles. The van der Waals surface area contributed by atoms with Crippen molar-refractivity contribution in [3.63, 3.8) is 0 Å². The highest BCUT2D eigenvalue weighted by molar-refractivity contribution is 8.01. The number of para-hydroxylation sites is 1. The van der Waals surface area contributed by atoms with E-state index in [-0.39, 0.29) is 23.7 Å². The van der Waals surface area contributed by atoms with Crippen LogP contribution < -0.4 is 9.64 Å². The Bertz CT molecular complexity index is 822. The zero-order valence-corrected chi connectivity index (χ0v) is 17.0. The first-order chi connectivity index (χ1) is 13.6. The number of carbonyl (C=O) groups is 2. The molecule has 2 aromatic carbocycles. The molecule has 5 nitrogen and oxygen atoms in total. The van der Waals surface area contributed by atoms with Gasteiger partial charge in [0, 0.05) is 4.90 Å². The van der Waals surface area contributed by atoms with Crippen molar-refractivity contribution in [2.75, 3.05) is 25.2 Å². The number of unbranched alkanes of at least 4 members (excludes halogenated alkanes) is 1. The molecule has 0 saturated heterocycles. The van der Waals surface area contributed by atoms with Gasteiger partial charge in [0.25, 0.3) is 0 Å². The van der Waals surface area contributed by atoms with E-state index in [1.165, 1.54) is 0 Å². The van der Waals surface area contributed by atoms with Crippen molar-refractivity contribution in [1.29, 1.82) is 0 Å². The number of ether oxygens (including phenoxy) is 2. The Labute approximate surface area is 170 Å². The molecule has 6 heteroatoms. The normalized spacial score (nSPS) is 15.9. The molecule has 1 atom stereocenters. The van der Waals surface area contributed by atoms with E-state index < -0.39 is 0 Å². The molecule has 0 radical (unpaired) electrons. The Morgan fingerprint density at radius 1 is 1.14 bits per heavy atom. The van der Waals surface area contributed by atoms with Crippen LogP contribution in [0.5, 0.6) is 5.75 Å². The number of nitrogens with zero attached hydrogens (tertiary/aromatic N) is 1. The number of hydrogen-bond donors (Lipinski definition) is 0. The number of esters is 1. The highest BCUT2D eigenvalue weighted by atomic mass is 32.2. The summed E-state index contributed by atoms with van der Waals surface area (Å²) in [4.78, 5) is 28.0. The Morgan fingerprint density at radius 3 is 2.61 bits per heavy atom. The Kier molecular flexibility index (Phi) is 6.98. The number of amides is 1. The van der Waals surface area contributed by atoms with Crippen LogP contribution in [0.2, 0.25) is 0 Å². The van der Waals surface area contributed by atoms with E-state index in [0.717, 1.165) is 34.7 Å². The fraction of sp³-hybridized carbons (Fsp3) is 0.364. The van der Waals surface area contributed by atoms with Gasteiger partial charge in [0.05, 0.1) is 24.7 Å². The van der Waals surface area contributed by atoms with Gasteiger partial charge in [-0.25, -0.2) is 0 Å². The van der Waals surface area contributed by atoms with Crippen LogP contribution in [-0.2, 0) is 20.7 Å². The summed E-state index contributed by atoms with van der Waals surface area (Å²) in [5, 5.41) is -0.285. The van der Waals surface area contributed by atoms with Crippen molar-refractivity contribution in [3.05, 3.63) is 54.1 Å². The van der Waals surface area contributed by atoms with E-state index >= 15 is 0 Å². The quantitative estimate of drug-likeness (QED) is 0.494. The molecule has 0 N–H and O–H groups in total. The Hall–Kier alpha value is -2.47. The number of hydrogen-bond acceptors (Lipinski definition) is 5. The molecule has 1 unspecified atom stereocenters. The third-order valence-corrected chi connectivity index (χ3v) is 5.85. The highest BCUT2D eigenvalue weighted by Gasteiger charge is 2.34. The molecule has 28 heavy (non-hydrogen) atoms. The predicted octanol–water partition coefficient (Wildman–Crippen LogP) is 4.09. The minimum atomic E-state index is -0.369. The van der Waals surface area contributed by atoms with E-state index in [1.54, 1.807) is 23.8 Å². The van der Waals surface area contributed by atoms with Gasteiger partial charge in [-0.15, -0.1) is 11.8 Å². The molecular formula is C22H25NO4S. The van der Waals surface area contributed by atoms with Gasteiger partial charge < -0.3 is 9.47 Å². The van der Waals surface area contributed by atoms with Crippen LogP contribution in [0.1, 0.15) is 25.3 Å². The summed E-state index contributed by atoms with van der Waals surface area (Å²) in [6.45, 7) is 2.38. The highest BCUT2D eigenvalue weighted by Crippen LogP contribution is 2.40. The first-order valence-electron chi connectivity index (χ1n) is 9.48. The fourth-order valence-electron chi connectivity index (χ4n) is 3.05. The monoisotopic (exact) mass is 399 g/mol. The van der Waals surface area contributed by atoms with E-state index in [4.69, 9.17) is 9.47 Å². The molecule has 1 aliphatic rings. The van der Waals surface area contributed by atoms with Crippen LogP contribution in [0.3, 0.4) is 0 Å². The molecule has 3 rings (SSSR count). The second-order valence-corrected chi connectivity index (χ2v) is 7.87. The molecule has 1 amide bonds. The smallest absolute Gasteiger partial charge is 0.326 e. The largest absolute Gasteiger partial charge is 0.497 e. The molecule has 0 aliphatic carbocycles. The number of thioether (sulfide) groups is 1. The summed E-state index contributed by atoms with van der Waals surface area (Å²) < 4.78 is 10.5. The van der Waals surface area contributed by atoms with E-state index in [9.17, 15) is 9.59 Å². The second kappa shape index (κ2) is 9.64. The summed E-state index contributed by atoms with van der Waals surface area (Å²) in [7, 11) is 1.63. The molecule has 0 fully saturated rings. The lowest BCUT2D eigenvalue weighted by molar-refractivity contribution is -0.143. The van der Waals surface area contributed by atoms with Gasteiger partial charge in [0.15, 0.2) is 0 Å². The number of fused-ring (bicyclic) bond motifs is 1. The maximum atomic E-state index is 13.2. The number of methoxy groups -OCH3 is 1. The summed E-state index contributed by atoms with van der Waals surface area (Å²) >= 11 is 1.55. The molecule has 0 aromatic heterocycles. The van der Waals surface area contributed by atoms with Crippen molar-refractivity contribution in [3.8, 4) is 5.75 Å². The van der Waals surface area contributed by atoms with Gasteiger partial charge in [0.1, 0.15) is 12.3 Å². The molecule has 0 saturated carbocycles. The maximum absolute atomic E-state index is 13.2. The van der Waals surface area contributed by atoms with Gasteiger partial charge in [0.2, 0.25) is 5.91 Å². The lowest BCUT2D eigenvalue weighted by atomic mass is 10.1. The molecule has 1 heterocycles. The number of rotatable bonds is 8. The minimum absolute atomic E-state index is 0.0563. The lowest BCUT2D eigenvalue weighted by Gasteiger charge is -2.33. The van der Waals surface area contributed by atoms with Crippen molar-refractivity contribution in [2.24, 2.45) is 0 Å². The Morgan fingerprint density at radius 2 is 1.89 bits per heavy atom. The van der Waals surface area contributed by atoms with Gasteiger partial charge in [-0.2, -0.15) is 0 Å². The summed E-state index contributed by atoms with van der Waals surface area (Å²) in [5.41, 5.74) is 1.83. The summed E-state index contributed by atoms with van der Waals surface area (Å²) in [6, 6.07) is 15.4. The van der Waals surface area contributed by atoms with Gasteiger partial charge in [-0.1, -0.05) is 37.6 Å². The van der Waals surface area contributed by atoms with Crippen molar-refractivity contribution in [2.45, 2.75) is 36.3 Å². The number of carbonyl (C=O) groups excluding carboxylic acids is 2. The first kappa shape index (κ1) is 20.3. The second-order valence-electron chi connectivity index (χ2n) is 6.62. The van der Waals surface area contributed by atoms with Crippen molar-refractivity contribution < 1.29 is 19.1 Å². The van der Waals surface area contributed by atoms with E-state index in [1.807, 2.05) is 55.5 Å². The number of benzene rings is 2. The molecular weight excluding hydrogens is 374 g/mol. The average molecular weight is 400 g/mol. The third kappa shape index (κ3) is 4.87. The van der Waals surface area contributed by atoms with Crippen LogP contribution >= 0.6 is 11.8 Å². The van der Waals surface area contributed by atoms with Gasteiger partial charge in [-0.3, -0.25) is 14.5 Å². The molecule has 2 aromatic rings. The lowest BCUT2D eigenvalue weighted by Crippen LogP contribution is -2.45. The zero-order chi connectivity index (χ0) is 19.9. The van der Waals surface area contributed by atoms with Crippen LogP contribution in [0.4, 0.5) is 5.69 Å². The first-order valence-corrected chi connectivity index (χ1v) is 10.4. The minimum Gasteiger partial charge on any atom is -0.497 e. The molecule has 0 spiro atoms. The van der Waals surface area contributed by atoms with Crippen molar-refractivity contribution >= 4 is 29.3 Å². The van der Waals surface area contributed by atoms with Crippen LogP contribution in [0, 0.1) is 0 Å². The Balaban J connectivity index is 1.76. The van der Waals surface area contributed by atoms with Gasteiger partial charge >= 0.3 is 5.97 Å². The SMILES string of the molecule is CCCCOC(=O)CN1C(=O)C(Cc2ccc(OC)cc2)Sc2ccccc21. The van der Waals surface area contributed by atoms with Crippen LogP contribution in [0.25, 0.3) is 0 Å². The van der Waals surface area contributed by atoms with Crippen LogP contribution in [0.15, 0.2) is 53.4 Å². The predicted molar refractivity (Wildman–Crippen MR) is 111 cm³/mol. The molecule has 0 bridgehead atoms. The maximum Gasteiger partial charge on any atom is 0.326 e. The van der Waals surface area contributed by atoms with E-state index in [2.05, 4.69) is 0 Å². The van der Waals surface area contributed by atoms with Gasteiger partial charge in [-0.05, 0) is 42.7 Å². The fourth-order valence-corrected chi connectivity index (χ4v) is 4.32. The third-order valence-electron chi connectivity index (χ3n) is 4.60. The average Bonchev–Trinajstić information content (AvgIpc) is 2.72. The van der Waals surface area contributed by atoms with Crippen LogP contribution in [-0.4, -0.2) is 37.4 Å².